The molecule has 0 spiro atoms. The Morgan fingerprint density at radius 1 is 1.29 bits per heavy atom. The molecule has 2 atom stereocenters. The van der Waals surface area contributed by atoms with E-state index in [1.165, 1.54) is 19.4 Å². The molecule has 1 amide bonds. The summed E-state index contributed by atoms with van der Waals surface area (Å²) in [5.74, 6) is 0.715. The molecule has 1 aromatic rings. The van der Waals surface area contributed by atoms with Gasteiger partial charge in [-0.25, -0.2) is 0 Å². The highest BCUT2D eigenvalue weighted by molar-refractivity contribution is 5.99. The number of anilines is 1. The van der Waals surface area contributed by atoms with Gasteiger partial charge in [0.1, 0.15) is 0 Å². The molecule has 1 aromatic carbocycles. The summed E-state index contributed by atoms with van der Waals surface area (Å²) in [6.45, 7) is 4.91. The molecule has 0 bridgehead atoms. The van der Waals surface area contributed by atoms with Gasteiger partial charge in [-0.15, -0.1) is 0 Å². The minimum Gasteiger partial charge on any atom is -0.398 e. The van der Waals surface area contributed by atoms with Gasteiger partial charge in [0.25, 0.3) is 5.91 Å². The van der Waals surface area contributed by atoms with Crippen LogP contribution in [0.4, 0.5) is 5.69 Å². The van der Waals surface area contributed by atoms with Gasteiger partial charge in [-0.05, 0) is 63.4 Å². The number of nitrogen functional groups attached to an aromatic ring is 1. The number of fused-ring (bicyclic) bond motifs is 1. The van der Waals surface area contributed by atoms with Crippen molar-refractivity contribution in [3.63, 3.8) is 0 Å². The molecule has 2 unspecified atom stereocenters. The lowest BCUT2D eigenvalue weighted by Crippen LogP contribution is -2.53. The van der Waals surface area contributed by atoms with Crippen LogP contribution in [0.25, 0.3) is 0 Å². The third kappa shape index (κ3) is 2.77. The second-order valence-electron chi connectivity index (χ2n) is 6.58. The zero-order valence-corrected chi connectivity index (χ0v) is 13.0. The van der Waals surface area contributed by atoms with Crippen molar-refractivity contribution < 1.29 is 4.79 Å². The Balaban J connectivity index is 1.74. The van der Waals surface area contributed by atoms with Gasteiger partial charge in [-0.3, -0.25) is 4.79 Å². The number of amides is 1. The maximum absolute atomic E-state index is 12.7. The number of aryl methyl sites for hydroxylation is 1. The predicted octanol–water partition coefficient (Wildman–Crippen LogP) is 2.13. The zero-order valence-electron chi connectivity index (χ0n) is 13.0. The number of rotatable bonds is 1. The molecule has 0 radical (unpaired) electrons. The number of piperidine rings is 2. The number of carbonyl (C=O) groups is 1. The summed E-state index contributed by atoms with van der Waals surface area (Å²) in [5, 5.41) is 0. The van der Waals surface area contributed by atoms with E-state index in [4.69, 9.17) is 5.73 Å². The SMILES string of the molecule is Cc1ccc(C(=O)N2CCC3C(CCCN3C)C2)c(N)c1. The summed E-state index contributed by atoms with van der Waals surface area (Å²) in [6.07, 6.45) is 3.56. The highest BCUT2D eigenvalue weighted by Gasteiger charge is 2.36. The number of hydrogen-bond acceptors (Lipinski definition) is 3. The predicted molar refractivity (Wildman–Crippen MR) is 85.3 cm³/mol. The number of carbonyl (C=O) groups excluding carboxylic acids is 1. The van der Waals surface area contributed by atoms with Crippen LogP contribution >= 0.6 is 0 Å². The summed E-state index contributed by atoms with van der Waals surface area (Å²) in [4.78, 5) is 17.2. The van der Waals surface area contributed by atoms with Crippen LogP contribution in [0, 0.1) is 12.8 Å². The van der Waals surface area contributed by atoms with Gasteiger partial charge in [0.2, 0.25) is 0 Å². The average molecular weight is 287 g/mol. The van der Waals surface area contributed by atoms with Crippen molar-refractivity contribution in [3.8, 4) is 0 Å². The van der Waals surface area contributed by atoms with Crippen LogP contribution in [0.1, 0.15) is 35.2 Å². The maximum Gasteiger partial charge on any atom is 0.255 e. The molecule has 2 N–H and O–H groups in total. The highest BCUT2D eigenvalue weighted by atomic mass is 16.2. The van der Waals surface area contributed by atoms with Crippen molar-refractivity contribution in [2.75, 3.05) is 32.4 Å². The Morgan fingerprint density at radius 2 is 2.10 bits per heavy atom. The first-order chi connectivity index (χ1) is 10.1. The monoisotopic (exact) mass is 287 g/mol. The lowest BCUT2D eigenvalue weighted by atomic mass is 9.84. The Labute approximate surface area is 126 Å². The molecule has 4 heteroatoms. The van der Waals surface area contributed by atoms with Gasteiger partial charge >= 0.3 is 0 Å². The third-order valence-corrected chi connectivity index (χ3v) is 5.07. The lowest BCUT2D eigenvalue weighted by molar-refractivity contribution is 0.0317. The molecule has 2 saturated heterocycles. The first-order valence-electron chi connectivity index (χ1n) is 7.92. The summed E-state index contributed by atoms with van der Waals surface area (Å²) in [6, 6.07) is 6.36. The van der Waals surface area contributed by atoms with Crippen LogP contribution in [0.2, 0.25) is 0 Å². The number of benzene rings is 1. The van der Waals surface area contributed by atoms with Crippen molar-refractivity contribution in [1.29, 1.82) is 0 Å². The topological polar surface area (TPSA) is 49.6 Å². The molecule has 0 saturated carbocycles. The fraction of sp³-hybridized carbons (Fsp3) is 0.588. The lowest BCUT2D eigenvalue weighted by Gasteiger charge is -2.46. The summed E-state index contributed by atoms with van der Waals surface area (Å²) in [7, 11) is 2.21. The van der Waals surface area contributed by atoms with Gasteiger partial charge in [-0.1, -0.05) is 6.07 Å². The molecular weight excluding hydrogens is 262 g/mol. The second-order valence-corrected chi connectivity index (χ2v) is 6.58. The van der Waals surface area contributed by atoms with E-state index in [1.807, 2.05) is 30.0 Å². The number of nitrogens with two attached hydrogens (primary N) is 1. The summed E-state index contributed by atoms with van der Waals surface area (Å²) < 4.78 is 0. The number of nitrogens with zero attached hydrogens (tertiary/aromatic N) is 2. The summed E-state index contributed by atoms with van der Waals surface area (Å²) in [5.41, 5.74) is 8.38. The van der Waals surface area contributed by atoms with Crippen LogP contribution < -0.4 is 5.73 Å². The Kier molecular flexibility index (Phi) is 3.89. The largest absolute Gasteiger partial charge is 0.398 e. The quantitative estimate of drug-likeness (QED) is 0.805. The molecular formula is C17H25N3O. The minimum atomic E-state index is 0.0965. The van der Waals surface area contributed by atoms with E-state index in [-0.39, 0.29) is 5.91 Å². The molecule has 2 aliphatic rings. The zero-order chi connectivity index (χ0) is 15.0. The minimum absolute atomic E-state index is 0.0965. The van der Waals surface area contributed by atoms with Gasteiger partial charge in [0, 0.05) is 24.8 Å². The average Bonchev–Trinajstić information content (AvgIpc) is 2.46. The molecule has 2 fully saturated rings. The first kappa shape index (κ1) is 14.4. The standard InChI is InChI=1S/C17H25N3O/c1-12-5-6-14(15(18)10-12)17(21)20-9-7-16-13(11-20)4-3-8-19(16)2/h5-6,10,13,16H,3-4,7-9,11,18H2,1-2H3. The van der Waals surface area contributed by atoms with E-state index in [0.717, 1.165) is 25.1 Å². The van der Waals surface area contributed by atoms with E-state index in [1.54, 1.807) is 0 Å². The maximum atomic E-state index is 12.7. The van der Waals surface area contributed by atoms with Gasteiger partial charge in [0.15, 0.2) is 0 Å². The van der Waals surface area contributed by atoms with Crippen LogP contribution in [-0.4, -0.2) is 48.4 Å². The third-order valence-electron chi connectivity index (χ3n) is 5.07. The fourth-order valence-corrected chi connectivity index (χ4v) is 3.88. The molecule has 2 heterocycles. The van der Waals surface area contributed by atoms with Gasteiger partial charge in [0.05, 0.1) is 5.56 Å². The fourth-order valence-electron chi connectivity index (χ4n) is 3.88. The molecule has 0 aromatic heterocycles. The first-order valence-corrected chi connectivity index (χ1v) is 7.92. The van der Waals surface area contributed by atoms with E-state index in [2.05, 4.69) is 11.9 Å². The van der Waals surface area contributed by atoms with Crippen LogP contribution in [0.15, 0.2) is 18.2 Å². The van der Waals surface area contributed by atoms with Gasteiger partial charge < -0.3 is 15.5 Å². The molecule has 0 aliphatic carbocycles. The smallest absolute Gasteiger partial charge is 0.255 e. The van der Waals surface area contributed by atoms with Gasteiger partial charge in [-0.2, -0.15) is 0 Å². The Bertz CT molecular complexity index is 543. The number of hydrogen-bond donors (Lipinski definition) is 1. The molecule has 2 aliphatic heterocycles. The van der Waals surface area contributed by atoms with Crippen molar-refractivity contribution in [3.05, 3.63) is 29.3 Å². The van der Waals surface area contributed by atoms with Crippen molar-refractivity contribution in [2.45, 2.75) is 32.2 Å². The molecule has 3 rings (SSSR count). The van der Waals surface area contributed by atoms with E-state index in [0.29, 0.717) is 23.2 Å². The molecule has 21 heavy (non-hydrogen) atoms. The van der Waals surface area contributed by atoms with E-state index in [9.17, 15) is 4.79 Å². The summed E-state index contributed by atoms with van der Waals surface area (Å²) >= 11 is 0. The van der Waals surface area contributed by atoms with E-state index >= 15 is 0 Å². The second kappa shape index (κ2) is 5.68. The normalized spacial score (nSPS) is 26.5. The van der Waals surface area contributed by atoms with Crippen LogP contribution in [-0.2, 0) is 0 Å². The number of likely N-dealkylation sites (tertiary alicyclic amines) is 2. The molecule has 4 nitrogen and oxygen atoms in total. The Hall–Kier alpha value is -1.55. The highest BCUT2D eigenvalue weighted by Crippen LogP contribution is 2.30. The van der Waals surface area contributed by atoms with Crippen molar-refractivity contribution >= 4 is 11.6 Å². The molecule has 114 valence electrons. The van der Waals surface area contributed by atoms with Crippen LogP contribution in [0.3, 0.4) is 0 Å². The van der Waals surface area contributed by atoms with Crippen molar-refractivity contribution in [1.82, 2.24) is 9.80 Å². The van der Waals surface area contributed by atoms with E-state index < -0.39 is 0 Å². The van der Waals surface area contributed by atoms with Crippen molar-refractivity contribution in [2.24, 2.45) is 5.92 Å². The Morgan fingerprint density at radius 3 is 2.86 bits per heavy atom. The van der Waals surface area contributed by atoms with Crippen LogP contribution in [0.5, 0.6) is 0 Å².